The number of halogens is 5. The lowest BCUT2D eigenvalue weighted by atomic mass is 9.97. The van der Waals surface area contributed by atoms with Crippen LogP contribution in [0.5, 0.6) is 0 Å². The molecule has 1 aromatic heterocycles. The molecule has 2 heterocycles. The second-order valence-corrected chi connectivity index (χ2v) is 5.10. The van der Waals surface area contributed by atoms with Crippen LogP contribution < -0.4 is 10.6 Å². The van der Waals surface area contributed by atoms with Gasteiger partial charge in [-0.15, -0.1) is 12.4 Å². The molecule has 0 radical (unpaired) electrons. The van der Waals surface area contributed by atoms with Crippen molar-refractivity contribution < 1.29 is 13.2 Å². The third kappa shape index (κ3) is 3.90. The summed E-state index contributed by atoms with van der Waals surface area (Å²) in [5, 5.41) is 0.0426. The Labute approximate surface area is 126 Å². The summed E-state index contributed by atoms with van der Waals surface area (Å²) < 4.78 is 37.5. The molecule has 1 aliphatic heterocycles. The van der Waals surface area contributed by atoms with Gasteiger partial charge in [-0.3, -0.25) is 0 Å². The Balaban J connectivity index is 0.00000200. The predicted molar refractivity (Wildman–Crippen MR) is 75.5 cm³/mol. The topological polar surface area (TPSA) is 42.1 Å². The minimum atomic E-state index is -4.41. The molecule has 3 nitrogen and oxygen atoms in total. The molecule has 20 heavy (non-hydrogen) atoms. The van der Waals surface area contributed by atoms with Gasteiger partial charge in [0, 0.05) is 19.3 Å². The fourth-order valence-corrected chi connectivity index (χ4v) is 2.48. The van der Waals surface area contributed by atoms with Crippen molar-refractivity contribution in [2.45, 2.75) is 19.0 Å². The summed E-state index contributed by atoms with van der Waals surface area (Å²) in [6.45, 7) is 2.09. The summed E-state index contributed by atoms with van der Waals surface area (Å²) in [4.78, 5) is 5.77. The molecule has 0 aliphatic carbocycles. The van der Waals surface area contributed by atoms with Crippen LogP contribution in [-0.2, 0) is 6.18 Å². The first-order valence-electron chi connectivity index (χ1n) is 6.09. The van der Waals surface area contributed by atoms with Crippen molar-refractivity contribution in [3.05, 3.63) is 22.8 Å². The van der Waals surface area contributed by atoms with Crippen LogP contribution in [0.4, 0.5) is 19.0 Å². The maximum Gasteiger partial charge on any atom is 0.417 e. The molecule has 1 fully saturated rings. The first-order valence-corrected chi connectivity index (χ1v) is 6.47. The van der Waals surface area contributed by atoms with E-state index in [1.807, 2.05) is 4.90 Å². The highest BCUT2D eigenvalue weighted by Gasteiger charge is 2.32. The predicted octanol–water partition coefficient (Wildman–Crippen LogP) is 3.35. The molecule has 0 saturated carbocycles. The first-order chi connectivity index (χ1) is 8.91. The normalized spacial score (nSPS) is 16.9. The average molecular weight is 330 g/mol. The molecule has 0 spiro atoms. The van der Waals surface area contributed by atoms with Crippen LogP contribution in [0.2, 0.25) is 5.02 Å². The monoisotopic (exact) mass is 329 g/mol. The highest BCUT2D eigenvalue weighted by Crippen LogP contribution is 2.34. The Morgan fingerprint density at radius 1 is 1.35 bits per heavy atom. The summed E-state index contributed by atoms with van der Waals surface area (Å²) in [5.41, 5.74) is 4.78. The van der Waals surface area contributed by atoms with Crippen LogP contribution >= 0.6 is 24.0 Å². The molecule has 0 bridgehead atoms. The molecule has 2 N–H and O–H groups in total. The fourth-order valence-electron chi connectivity index (χ4n) is 2.20. The van der Waals surface area contributed by atoms with Crippen LogP contribution in [0.1, 0.15) is 18.4 Å². The lowest BCUT2D eigenvalue weighted by molar-refractivity contribution is -0.137. The lowest BCUT2D eigenvalue weighted by Gasteiger charge is -2.32. The number of rotatable bonds is 2. The molecule has 1 aromatic rings. The van der Waals surface area contributed by atoms with Crippen LogP contribution in [0.15, 0.2) is 12.3 Å². The summed E-state index contributed by atoms with van der Waals surface area (Å²) in [7, 11) is 0. The zero-order valence-electron chi connectivity index (χ0n) is 10.7. The Morgan fingerprint density at radius 2 is 1.95 bits per heavy atom. The van der Waals surface area contributed by atoms with E-state index in [2.05, 4.69) is 4.98 Å². The Kier molecular flexibility index (Phi) is 5.91. The quantitative estimate of drug-likeness (QED) is 0.904. The average Bonchev–Trinajstić information content (AvgIpc) is 2.38. The summed E-state index contributed by atoms with van der Waals surface area (Å²) in [6.07, 6.45) is -1.76. The molecule has 8 heteroatoms. The van der Waals surface area contributed by atoms with Gasteiger partial charge in [-0.05, 0) is 31.4 Å². The Hall–Kier alpha value is -0.720. The number of aromatic nitrogens is 1. The van der Waals surface area contributed by atoms with Gasteiger partial charge in [0.1, 0.15) is 5.82 Å². The van der Waals surface area contributed by atoms with Crippen molar-refractivity contribution in [1.29, 1.82) is 0 Å². The molecule has 0 aromatic carbocycles. The second-order valence-electron chi connectivity index (χ2n) is 4.69. The zero-order valence-corrected chi connectivity index (χ0v) is 12.2. The third-order valence-electron chi connectivity index (χ3n) is 3.40. The number of hydrogen-bond acceptors (Lipinski definition) is 3. The number of anilines is 1. The van der Waals surface area contributed by atoms with Gasteiger partial charge in [-0.1, -0.05) is 11.6 Å². The number of piperidine rings is 1. The Bertz CT molecular complexity index is 446. The van der Waals surface area contributed by atoms with Gasteiger partial charge in [-0.25, -0.2) is 4.98 Å². The molecule has 0 unspecified atom stereocenters. The van der Waals surface area contributed by atoms with E-state index in [0.29, 0.717) is 18.3 Å². The van der Waals surface area contributed by atoms with Crippen molar-refractivity contribution in [3.63, 3.8) is 0 Å². The van der Waals surface area contributed by atoms with Gasteiger partial charge in [0.2, 0.25) is 0 Å². The van der Waals surface area contributed by atoms with Crippen molar-refractivity contribution in [2.75, 3.05) is 24.5 Å². The summed E-state index contributed by atoms with van der Waals surface area (Å²) in [5.74, 6) is 0.898. The van der Waals surface area contributed by atoms with Gasteiger partial charge in [0.25, 0.3) is 0 Å². The van der Waals surface area contributed by atoms with E-state index in [1.54, 1.807) is 0 Å². The molecule has 1 aliphatic rings. The van der Waals surface area contributed by atoms with Gasteiger partial charge in [-0.2, -0.15) is 13.2 Å². The van der Waals surface area contributed by atoms with Crippen molar-refractivity contribution in [3.8, 4) is 0 Å². The number of alkyl halides is 3. The maximum atomic E-state index is 12.5. The van der Waals surface area contributed by atoms with Crippen molar-refractivity contribution in [1.82, 2.24) is 4.98 Å². The van der Waals surface area contributed by atoms with Crippen LogP contribution in [-0.4, -0.2) is 24.6 Å². The molecule has 0 amide bonds. The summed E-state index contributed by atoms with van der Waals surface area (Å²) in [6, 6.07) is 0.929. The highest BCUT2D eigenvalue weighted by molar-refractivity contribution is 6.33. The third-order valence-corrected chi connectivity index (χ3v) is 3.67. The van der Waals surface area contributed by atoms with E-state index >= 15 is 0 Å². The SMILES string of the molecule is Cl.NCC1CCN(c2ncc(C(F)(F)F)cc2Cl)CC1. The standard InChI is InChI=1S/C12H15ClF3N3.ClH/c13-10-5-9(12(14,15)16)7-18-11(10)19-3-1-8(6-17)2-4-19;/h5,7-8H,1-4,6,17H2;1H. The number of nitrogens with zero attached hydrogens (tertiary/aromatic N) is 2. The minimum Gasteiger partial charge on any atom is -0.355 e. The number of nitrogens with two attached hydrogens (primary N) is 1. The van der Waals surface area contributed by atoms with E-state index in [-0.39, 0.29) is 17.4 Å². The number of hydrogen-bond donors (Lipinski definition) is 1. The first kappa shape index (κ1) is 17.3. The Morgan fingerprint density at radius 3 is 2.40 bits per heavy atom. The van der Waals surface area contributed by atoms with Gasteiger partial charge in [0.05, 0.1) is 10.6 Å². The van der Waals surface area contributed by atoms with Crippen molar-refractivity contribution >= 4 is 29.8 Å². The second kappa shape index (κ2) is 6.83. The van der Waals surface area contributed by atoms with E-state index in [9.17, 15) is 13.2 Å². The van der Waals surface area contributed by atoms with Gasteiger partial charge < -0.3 is 10.6 Å². The zero-order chi connectivity index (χ0) is 14.0. The number of pyridine rings is 1. The van der Waals surface area contributed by atoms with Gasteiger partial charge in [0.15, 0.2) is 0 Å². The maximum absolute atomic E-state index is 12.5. The van der Waals surface area contributed by atoms with Crippen LogP contribution in [0.25, 0.3) is 0 Å². The van der Waals surface area contributed by atoms with Crippen LogP contribution in [0, 0.1) is 5.92 Å². The lowest BCUT2D eigenvalue weighted by Crippen LogP contribution is -2.36. The smallest absolute Gasteiger partial charge is 0.355 e. The van der Waals surface area contributed by atoms with Gasteiger partial charge >= 0.3 is 6.18 Å². The molecule has 114 valence electrons. The van der Waals surface area contributed by atoms with Crippen LogP contribution in [0.3, 0.4) is 0 Å². The molecular formula is C12H16Cl2F3N3. The largest absolute Gasteiger partial charge is 0.417 e. The molecular weight excluding hydrogens is 314 g/mol. The minimum absolute atomic E-state index is 0. The molecule has 1 saturated heterocycles. The van der Waals surface area contributed by atoms with E-state index in [0.717, 1.165) is 38.2 Å². The van der Waals surface area contributed by atoms with E-state index < -0.39 is 11.7 Å². The summed E-state index contributed by atoms with van der Waals surface area (Å²) >= 11 is 5.91. The highest BCUT2D eigenvalue weighted by atomic mass is 35.5. The van der Waals surface area contributed by atoms with E-state index in [1.165, 1.54) is 0 Å². The van der Waals surface area contributed by atoms with E-state index in [4.69, 9.17) is 17.3 Å². The van der Waals surface area contributed by atoms with Crippen molar-refractivity contribution in [2.24, 2.45) is 11.7 Å². The molecule has 0 atom stereocenters. The fraction of sp³-hybridized carbons (Fsp3) is 0.583. The molecule has 2 rings (SSSR count).